The normalized spacial score (nSPS) is 13.1. The van der Waals surface area contributed by atoms with E-state index in [1.807, 2.05) is 25.2 Å². The van der Waals surface area contributed by atoms with Crippen LogP contribution in [0.25, 0.3) is 11.0 Å². The maximum Gasteiger partial charge on any atom is 0.190 e. The molecule has 0 amide bonds. The lowest BCUT2D eigenvalue weighted by Crippen LogP contribution is -2.39. The van der Waals surface area contributed by atoms with Crippen molar-refractivity contribution in [2.75, 3.05) is 20.1 Å². The zero-order chi connectivity index (χ0) is 17.5. The van der Waals surface area contributed by atoms with E-state index in [-0.39, 0.29) is 0 Å². The number of thiophene rings is 1. The molecule has 0 bridgehead atoms. The fourth-order valence-corrected chi connectivity index (χ4v) is 3.52. The van der Waals surface area contributed by atoms with Crippen molar-refractivity contribution in [3.63, 3.8) is 0 Å². The molecule has 0 radical (unpaired) electrons. The molecule has 3 aromatic rings. The molecule has 25 heavy (non-hydrogen) atoms. The van der Waals surface area contributed by atoms with Gasteiger partial charge in [-0.05, 0) is 30.0 Å². The number of guanidine groups is 1. The zero-order valence-corrected chi connectivity index (χ0v) is 15.6. The second kappa shape index (κ2) is 8.67. The molecule has 132 valence electrons. The number of fused-ring (bicyclic) bond motifs is 1. The number of para-hydroxylation sites is 2. The summed E-state index contributed by atoms with van der Waals surface area (Å²) in [5, 5.41) is 8.90. The Labute approximate surface area is 152 Å². The van der Waals surface area contributed by atoms with E-state index in [2.05, 4.69) is 56.1 Å². The number of benzene rings is 1. The van der Waals surface area contributed by atoms with Crippen LogP contribution in [-0.4, -0.2) is 36.1 Å². The quantitative estimate of drug-likeness (QED) is 0.345. The number of H-pyrrole nitrogens is 1. The summed E-state index contributed by atoms with van der Waals surface area (Å²) in [6.45, 7) is 3.97. The standard InChI is InChI=1S/C19H25N5S/c1-14(17-9-6-12-25-17)13-22-19(20-2)21-11-5-10-18-23-15-7-3-4-8-16(15)24-18/h3-4,6-9,12,14H,5,10-11,13H2,1-2H3,(H,23,24)(H2,20,21,22). The average Bonchev–Trinajstić information content (AvgIpc) is 3.30. The maximum atomic E-state index is 4.61. The number of hydrogen-bond acceptors (Lipinski definition) is 3. The molecule has 5 nitrogen and oxygen atoms in total. The number of aromatic nitrogens is 2. The maximum absolute atomic E-state index is 4.61. The molecule has 2 aromatic heterocycles. The SMILES string of the molecule is CN=C(NCCCc1nc2ccccc2[nH]1)NCC(C)c1cccs1. The van der Waals surface area contributed by atoms with Gasteiger partial charge in [-0.15, -0.1) is 11.3 Å². The Balaban J connectivity index is 1.39. The number of hydrogen-bond donors (Lipinski definition) is 3. The van der Waals surface area contributed by atoms with Gasteiger partial charge in [-0.3, -0.25) is 4.99 Å². The number of rotatable bonds is 7. The molecule has 6 heteroatoms. The first-order chi connectivity index (χ1) is 12.3. The largest absolute Gasteiger partial charge is 0.356 e. The molecule has 1 unspecified atom stereocenters. The Hall–Kier alpha value is -2.34. The Bertz CT molecular complexity index is 773. The lowest BCUT2D eigenvalue weighted by atomic mass is 10.1. The lowest BCUT2D eigenvalue weighted by Gasteiger charge is -2.15. The highest BCUT2D eigenvalue weighted by Crippen LogP contribution is 2.19. The van der Waals surface area contributed by atoms with Gasteiger partial charge in [0, 0.05) is 37.4 Å². The van der Waals surface area contributed by atoms with Gasteiger partial charge >= 0.3 is 0 Å². The minimum absolute atomic E-state index is 0.481. The predicted octanol–water partition coefficient (Wildman–Crippen LogP) is 3.53. The highest BCUT2D eigenvalue weighted by molar-refractivity contribution is 7.10. The topological polar surface area (TPSA) is 65.1 Å². The van der Waals surface area contributed by atoms with E-state index in [0.717, 1.165) is 48.7 Å². The summed E-state index contributed by atoms with van der Waals surface area (Å²) in [4.78, 5) is 13.7. The van der Waals surface area contributed by atoms with Crippen molar-refractivity contribution in [1.82, 2.24) is 20.6 Å². The minimum Gasteiger partial charge on any atom is -0.356 e. The van der Waals surface area contributed by atoms with Crippen LogP contribution >= 0.6 is 11.3 Å². The van der Waals surface area contributed by atoms with Gasteiger partial charge in [0.15, 0.2) is 5.96 Å². The summed E-state index contributed by atoms with van der Waals surface area (Å²) in [6, 6.07) is 12.4. The Morgan fingerprint density at radius 1 is 1.24 bits per heavy atom. The number of aliphatic imine (C=N–C) groups is 1. The zero-order valence-electron chi connectivity index (χ0n) is 14.7. The molecule has 0 saturated carbocycles. The Morgan fingerprint density at radius 2 is 2.12 bits per heavy atom. The predicted molar refractivity (Wildman–Crippen MR) is 107 cm³/mol. The minimum atomic E-state index is 0.481. The molecule has 0 fully saturated rings. The number of aryl methyl sites for hydroxylation is 1. The monoisotopic (exact) mass is 355 g/mol. The van der Waals surface area contributed by atoms with Crippen LogP contribution in [0, 0.1) is 0 Å². The van der Waals surface area contributed by atoms with Crippen LogP contribution < -0.4 is 10.6 Å². The van der Waals surface area contributed by atoms with Crippen molar-refractivity contribution in [2.24, 2.45) is 4.99 Å². The van der Waals surface area contributed by atoms with Crippen molar-refractivity contribution in [3.8, 4) is 0 Å². The molecular weight excluding hydrogens is 330 g/mol. The van der Waals surface area contributed by atoms with Gasteiger partial charge in [0.2, 0.25) is 0 Å². The fraction of sp³-hybridized carbons (Fsp3) is 0.368. The molecule has 1 atom stereocenters. The summed E-state index contributed by atoms with van der Waals surface area (Å²) in [6.07, 6.45) is 1.92. The van der Waals surface area contributed by atoms with Gasteiger partial charge in [0.1, 0.15) is 5.82 Å². The lowest BCUT2D eigenvalue weighted by molar-refractivity contribution is 0.690. The van der Waals surface area contributed by atoms with Crippen LogP contribution in [0.2, 0.25) is 0 Å². The van der Waals surface area contributed by atoms with Gasteiger partial charge in [0.25, 0.3) is 0 Å². The molecule has 3 rings (SSSR count). The summed E-state index contributed by atoms with van der Waals surface area (Å²) >= 11 is 1.80. The molecule has 0 saturated heterocycles. The molecule has 0 aliphatic rings. The van der Waals surface area contributed by atoms with Crippen molar-refractivity contribution in [2.45, 2.75) is 25.7 Å². The van der Waals surface area contributed by atoms with Gasteiger partial charge in [-0.1, -0.05) is 25.1 Å². The third kappa shape index (κ3) is 4.82. The third-order valence-corrected chi connectivity index (χ3v) is 5.25. The number of nitrogens with one attached hydrogen (secondary N) is 3. The summed E-state index contributed by atoms with van der Waals surface area (Å²) in [7, 11) is 1.81. The number of aromatic amines is 1. The van der Waals surface area contributed by atoms with E-state index < -0.39 is 0 Å². The van der Waals surface area contributed by atoms with Gasteiger partial charge < -0.3 is 15.6 Å². The van der Waals surface area contributed by atoms with Gasteiger partial charge in [-0.25, -0.2) is 4.98 Å². The summed E-state index contributed by atoms with van der Waals surface area (Å²) in [5.41, 5.74) is 2.14. The third-order valence-electron chi connectivity index (χ3n) is 4.15. The van der Waals surface area contributed by atoms with Crippen molar-refractivity contribution in [1.29, 1.82) is 0 Å². The molecule has 2 heterocycles. The van der Waals surface area contributed by atoms with E-state index in [1.54, 1.807) is 11.3 Å². The highest BCUT2D eigenvalue weighted by atomic mass is 32.1. The molecular formula is C19H25N5S. The van der Waals surface area contributed by atoms with Crippen molar-refractivity contribution in [3.05, 3.63) is 52.5 Å². The van der Waals surface area contributed by atoms with Crippen LogP contribution in [0.5, 0.6) is 0 Å². The fourth-order valence-electron chi connectivity index (χ4n) is 2.73. The van der Waals surface area contributed by atoms with Crippen LogP contribution in [0.4, 0.5) is 0 Å². The Morgan fingerprint density at radius 3 is 2.88 bits per heavy atom. The Kier molecular flexibility index (Phi) is 6.06. The molecule has 1 aromatic carbocycles. The number of nitrogens with zero attached hydrogens (tertiary/aromatic N) is 2. The van der Waals surface area contributed by atoms with E-state index in [0.29, 0.717) is 5.92 Å². The molecule has 3 N–H and O–H groups in total. The van der Waals surface area contributed by atoms with Crippen molar-refractivity contribution < 1.29 is 0 Å². The van der Waals surface area contributed by atoms with Crippen LogP contribution in [-0.2, 0) is 6.42 Å². The molecule has 0 spiro atoms. The van der Waals surface area contributed by atoms with Crippen molar-refractivity contribution >= 4 is 28.3 Å². The first-order valence-electron chi connectivity index (χ1n) is 8.68. The first-order valence-corrected chi connectivity index (χ1v) is 9.56. The highest BCUT2D eigenvalue weighted by Gasteiger charge is 2.07. The smallest absolute Gasteiger partial charge is 0.190 e. The molecule has 0 aliphatic heterocycles. The number of imidazole rings is 1. The van der Waals surface area contributed by atoms with Gasteiger partial charge in [0.05, 0.1) is 11.0 Å². The van der Waals surface area contributed by atoms with E-state index in [4.69, 9.17) is 0 Å². The van der Waals surface area contributed by atoms with Crippen LogP contribution in [0.1, 0.15) is 30.0 Å². The van der Waals surface area contributed by atoms with Gasteiger partial charge in [-0.2, -0.15) is 0 Å². The summed E-state index contributed by atoms with van der Waals surface area (Å²) in [5.74, 6) is 2.37. The first kappa shape index (κ1) is 17.5. The van der Waals surface area contributed by atoms with Crippen LogP contribution in [0.15, 0.2) is 46.8 Å². The van der Waals surface area contributed by atoms with E-state index in [1.165, 1.54) is 4.88 Å². The molecule has 0 aliphatic carbocycles. The average molecular weight is 356 g/mol. The van der Waals surface area contributed by atoms with E-state index >= 15 is 0 Å². The second-order valence-corrected chi connectivity index (χ2v) is 7.08. The summed E-state index contributed by atoms with van der Waals surface area (Å²) < 4.78 is 0. The van der Waals surface area contributed by atoms with Crippen LogP contribution in [0.3, 0.4) is 0 Å². The second-order valence-electron chi connectivity index (χ2n) is 6.10. The van der Waals surface area contributed by atoms with E-state index in [9.17, 15) is 0 Å².